The summed E-state index contributed by atoms with van der Waals surface area (Å²) in [7, 11) is 1.23. The highest BCUT2D eigenvalue weighted by Crippen LogP contribution is 2.38. The molecule has 0 unspecified atom stereocenters. The highest BCUT2D eigenvalue weighted by Gasteiger charge is 2.36. The van der Waals surface area contributed by atoms with Crippen molar-refractivity contribution >= 4 is 22.5 Å². The molecule has 0 bridgehead atoms. The van der Waals surface area contributed by atoms with Gasteiger partial charge in [-0.05, 0) is 31.2 Å². The van der Waals surface area contributed by atoms with Gasteiger partial charge in [0.05, 0.1) is 42.6 Å². The summed E-state index contributed by atoms with van der Waals surface area (Å²) < 4.78 is 83.8. The first kappa shape index (κ1) is 23.1. The van der Waals surface area contributed by atoms with E-state index in [0.717, 1.165) is 18.5 Å². The number of hydrogen-bond donors (Lipinski definition) is 1. The van der Waals surface area contributed by atoms with Crippen molar-refractivity contribution in [3.05, 3.63) is 59.8 Å². The zero-order chi connectivity index (χ0) is 24.7. The lowest BCUT2D eigenvalue weighted by atomic mass is 10.1. The van der Waals surface area contributed by atoms with Gasteiger partial charge in [-0.15, -0.1) is 0 Å². The fourth-order valence-electron chi connectivity index (χ4n) is 3.12. The molecule has 1 N–H and O–H groups in total. The molecule has 0 atom stereocenters. The fraction of sp³-hybridized carbons (Fsp3) is 0.190. The third-order valence-electron chi connectivity index (χ3n) is 4.65. The van der Waals surface area contributed by atoms with Crippen LogP contribution in [0.15, 0.2) is 42.9 Å². The van der Waals surface area contributed by atoms with E-state index in [1.165, 1.54) is 19.2 Å². The van der Waals surface area contributed by atoms with Crippen LogP contribution in [0, 0.1) is 6.92 Å². The second kappa shape index (κ2) is 8.39. The maximum Gasteiger partial charge on any atom is 0.434 e. The van der Waals surface area contributed by atoms with Crippen molar-refractivity contribution < 1.29 is 31.1 Å². The summed E-state index contributed by atoms with van der Waals surface area (Å²) in [5.41, 5.74) is -1.70. The van der Waals surface area contributed by atoms with Crippen molar-refractivity contribution in [1.29, 1.82) is 0 Å². The topological polar surface area (TPSA) is 85.7 Å². The molecule has 0 aliphatic rings. The lowest BCUT2D eigenvalue weighted by Crippen LogP contribution is -2.10. The quantitative estimate of drug-likeness (QED) is 0.382. The van der Waals surface area contributed by atoms with Crippen molar-refractivity contribution in [2.75, 3.05) is 12.4 Å². The van der Waals surface area contributed by atoms with Crippen LogP contribution in [0.25, 0.3) is 22.4 Å². The maximum atomic E-state index is 13.6. The molecule has 176 valence electrons. The average molecular weight is 480 g/mol. The van der Waals surface area contributed by atoms with Crippen LogP contribution in [-0.2, 0) is 12.4 Å². The highest BCUT2D eigenvalue weighted by molar-refractivity contribution is 5.92. The Morgan fingerprint density at radius 2 is 1.62 bits per heavy atom. The van der Waals surface area contributed by atoms with Gasteiger partial charge in [0.25, 0.3) is 0 Å². The Balaban J connectivity index is 1.76. The second-order valence-corrected chi connectivity index (χ2v) is 7.06. The number of fused-ring (bicyclic) bond motifs is 1. The molecule has 0 radical (unpaired) electrons. The summed E-state index contributed by atoms with van der Waals surface area (Å²) in [5.74, 6) is -0.0323. The molecule has 34 heavy (non-hydrogen) atoms. The molecule has 4 aromatic heterocycles. The minimum atomic E-state index is -4.71. The largest absolute Gasteiger partial charge is 0.495 e. The van der Waals surface area contributed by atoms with E-state index < -0.39 is 29.3 Å². The van der Waals surface area contributed by atoms with Crippen LogP contribution in [0.1, 0.15) is 17.0 Å². The first-order valence-electron chi connectivity index (χ1n) is 9.52. The summed E-state index contributed by atoms with van der Waals surface area (Å²) in [5, 5.41) is 3.24. The number of aryl methyl sites for hydroxylation is 1. The Labute approximate surface area is 187 Å². The maximum absolute atomic E-state index is 13.6. The molecule has 4 rings (SSSR count). The van der Waals surface area contributed by atoms with E-state index in [2.05, 4.69) is 30.2 Å². The first-order chi connectivity index (χ1) is 16.0. The number of anilines is 2. The van der Waals surface area contributed by atoms with Crippen molar-refractivity contribution in [2.45, 2.75) is 19.3 Å². The van der Waals surface area contributed by atoms with Crippen LogP contribution in [0.2, 0.25) is 0 Å². The second-order valence-electron chi connectivity index (χ2n) is 7.06. The van der Waals surface area contributed by atoms with Gasteiger partial charge < -0.3 is 10.1 Å². The molecule has 7 nitrogen and oxygen atoms in total. The van der Waals surface area contributed by atoms with Gasteiger partial charge in [0.15, 0.2) is 11.3 Å². The normalized spacial score (nSPS) is 12.1. The van der Waals surface area contributed by atoms with Crippen molar-refractivity contribution in [3.8, 4) is 17.1 Å². The molecule has 0 amide bonds. The predicted octanol–water partition coefficient (Wildman–Crippen LogP) is 5.58. The van der Waals surface area contributed by atoms with E-state index >= 15 is 0 Å². The molecule has 0 saturated carbocycles. The summed E-state index contributed by atoms with van der Waals surface area (Å²) in [4.78, 5) is 19.4. The fourth-order valence-corrected chi connectivity index (χ4v) is 3.12. The molecule has 0 aliphatic heterocycles. The number of methoxy groups -OCH3 is 1. The average Bonchev–Trinajstić information content (AvgIpc) is 2.77. The Morgan fingerprint density at radius 3 is 2.24 bits per heavy atom. The highest BCUT2D eigenvalue weighted by atomic mass is 19.4. The molecule has 13 heteroatoms. The van der Waals surface area contributed by atoms with E-state index in [4.69, 9.17) is 4.74 Å². The van der Waals surface area contributed by atoms with Crippen LogP contribution in [0.5, 0.6) is 5.75 Å². The van der Waals surface area contributed by atoms with Crippen molar-refractivity contribution in [1.82, 2.24) is 24.9 Å². The third kappa shape index (κ3) is 4.67. The number of halogens is 6. The van der Waals surface area contributed by atoms with Crippen LogP contribution < -0.4 is 10.1 Å². The molecule has 0 aliphatic carbocycles. The minimum Gasteiger partial charge on any atom is -0.495 e. The van der Waals surface area contributed by atoms with Crippen LogP contribution in [0.3, 0.4) is 0 Å². The standard InChI is InChI=1S/C21H14F6N6O/c1-10-5-15(32-17-9-28-16(8-29-17)21(25,26)27)12-3-4-14(33-19(12)31-10)18-13(20(22,23)24)6-11(34-2)7-30-18/h3-9H,1-2H3,(H,29,31,32,33). The van der Waals surface area contributed by atoms with Gasteiger partial charge in [-0.1, -0.05) is 0 Å². The Hall–Kier alpha value is -4.03. The van der Waals surface area contributed by atoms with Crippen molar-refractivity contribution in [2.24, 2.45) is 0 Å². The van der Waals surface area contributed by atoms with Crippen molar-refractivity contribution in [3.63, 3.8) is 0 Å². The van der Waals surface area contributed by atoms with Crippen LogP contribution in [0.4, 0.5) is 37.8 Å². The smallest absolute Gasteiger partial charge is 0.434 e. The Bertz CT molecular complexity index is 1360. The molecular formula is C21H14F6N6O. The number of rotatable bonds is 4. The number of nitrogens with one attached hydrogen (secondary N) is 1. The Kier molecular flexibility index (Phi) is 5.71. The van der Waals surface area contributed by atoms with Gasteiger partial charge >= 0.3 is 12.4 Å². The van der Waals surface area contributed by atoms with Gasteiger partial charge in [-0.25, -0.2) is 19.9 Å². The number of nitrogens with zero attached hydrogens (tertiary/aromatic N) is 5. The number of ether oxygens (including phenoxy) is 1. The number of hydrogen-bond acceptors (Lipinski definition) is 7. The third-order valence-corrected chi connectivity index (χ3v) is 4.65. The zero-order valence-corrected chi connectivity index (χ0v) is 17.5. The lowest BCUT2D eigenvalue weighted by molar-refractivity contribution is -0.141. The van der Waals surface area contributed by atoms with Crippen LogP contribution in [-0.4, -0.2) is 32.0 Å². The van der Waals surface area contributed by atoms with Gasteiger partial charge in [-0.3, -0.25) is 4.98 Å². The van der Waals surface area contributed by atoms with E-state index in [1.807, 2.05) is 0 Å². The summed E-state index contributed by atoms with van der Waals surface area (Å²) in [6.07, 6.45) is -6.68. The Morgan fingerprint density at radius 1 is 0.853 bits per heavy atom. The molecule has 0 spiro atoms. The summed E-state index contributed by atoms with van der Waals surface area (Å²) in [6.45, 7) is 1.63. The van der Waals surface area contributed by atoms with E-state index in [-0.39, 0.29) is 22.9 Å². The molecule has 4 heterocycles. The zero-order valence-electron chi connectivity index (χ0n) is 17.5. The molecule has 0 fully saturated rings. The van der Waals surface area contributed by atoms with Gasteiger partial charge in [-0.2, -0.15) is 26.3 Å². The minimum absolute atomic E-state index is 0.0279. The number of alkyl halides is 6. The van der Waals surface area contributed by atoms with E-state index in [9.17, 15) is 26.3 Å². The molecular weight excluding hydrogens is 466 g/mol. The molecule has 4 aromatic rings. The van der Waals surface area contributed by atoms with E-state index in [0.29, 0.717) is 23.0 Å². The summed E-state index contributed by atoms with van der Waals surface area (Å²) in [6, 6.07) is 5.24. The molecule has 0 aromatic carbocycles. The predicted molar refractivity (Wildman–Crippen MR) is 109 cm³/mol. The van der Waals surface area contributed by atoms with E-state index in [1.54, 1.807) is 13.0 Å². The lowest BCUT2D eigenvalue weighted by Gasteiger charge is -2.14. The van der Waals surface area contributed by atoms with Gasteiger partial charge in [0.2, 0.25) is 0 Å². The number of aromatic nitrogens is 5. The number of pyridine rings is 3. The van der Waals surface area contributed by atoms with Gasteiger partial charge in [0, 0.05) is 11.1 Å². The monoisotopic (exact) mass is 480 g/mol. The first-order valence-corrected chi connectivity index (χ1v) is 9.52. The summed E-state index contributed by atoms with van der Waals surface area (Å²) >= 11 is 0. The molecule has 0 saturated heterocycles. The SMILES string of the molecule is COc1cnc(-c2ccc3c(Nc4cnc(C(F)(F)F)cn4)cc(C)nc3n2)c(C(F)(F)F)c1. The van der Waals surface area contributed by atoms with Crippen LogP contribution >= 0.6 is 0 Å². The van der Waals surface area contributed by atoms with Gasteiger partial charge in [0.1, 0.15) is 17.3 Å².